The van der Waals surface area contributed by atoms with E-state index in [2.05, 4.69) is 17.4 Å². The van der Waals surface area contributed by atoms with Gasteiger partial charge >= 0.3 is 0 Å². The van der Waals surface area contributed by atoms with Crippen LogP contribution in [0, 0.1) is 5.92 Å². The number of ether oxygens (including phenoxy) is 1. The van der Waals surface area contributed by atoms with Gasteiger partial charge in [-0.2, -0.15) is 4.31 Å². The summed E-state index contributed by atoms with van der Waals surface area (Å²) in [4.78, 5) is 12.4. The maximum absolute atomic E-state index is 13.0. The summed E-state index contributed by atoms with van der Waals surface area (Å²) >= 11 is 0. The van der Waals surface area contributed by atoms with Crippen LogP contribution in [0.5, 0.6) is 0 Å². The SMILES string of the molecule is O=C(Nc1ccc(S(=O)(=O)N2CCC(Cc3ccccc3)CC2)cc1)C1CCCO1. The highest BCUT2D eigenvalue weighted by atomic mass is 32.2. The third-order valence-electron chi connectivity index (χ3n) is 5.92. The highest BCUT2D eigenvalue weighted by Crippen LogP contribution is 2.27. The Morgan fingerprint density at radius 3 is 2.33 bits per heavy atom. The van der Waals surface area contributed by atoms with E-state index in [-0.39, 0.29) is 10.8 Å². The summed E-state index contributed by atoms with van der Waals surface area (Å²) in [6, 6.07) is 16.8. The maximum atomic E-state index is 13.0. The number of rotatable bonds is 6. The van der Waals surface area contributed by atoms with Gasteiger partial charge in [0, 0.05) is 25.4 Å². The average molecular weight is 429 g/mol. The first kappa shape index (κ1) is 21.0. The molecule has 1 atom stereocenters. The predicted octanol–water partition coefficient (Wildman–Crippen LogP) is 3.45. The van der Waals surface area contributed by atoms with Crippen molar-refractivity contribution in [1.29, 1.82) is 0 Å². The Bertz CT molecular complexity index is 946. The summed E-state index contributed by atoms with van der Waals surface area (Å²) in [5, 5.41) is 2.80. The van der Waals surface area contributed by atoms with Crippen LogP contribution in [0.25, 0.3) is 0 Å². The molecule has 2 aliphatic heterocycles. The smallest absolute Gasteiger partial charge is 0.253 e. The van der Waals surface area contributed by atoms with Gasteiger partial charge in [-0.1, -0.05) is 30.3 Å². The molecule has 0 spiro atoms. The van der Waals surface area contributed by atoms with Crippen LogP contribution in [0.2, 0.25) is 0 Å². The van der Waals surface area contributed by atoms with Crippen molar-refractivity contribution in [3.05, 3.63) is 60.2 Å². The molecule has 0 aliphatic carbocycles. The molecule has 2 saturated heterocycles. The number of amides is 1. The minimum atomic E-state index is -3.52. The zero-order valence-electron chi connectivity index (χ0n) is 17.0. The molecule has 0 bridgehead atoms. The van der Waals surface area contributed by atoms with Crippen molar-refractivity contribution in [3.63, 3.8) is 0 Å². The van der Waals surface area contributed by atoms with Crippen molar-refractivity contribution in [3.8, 4) is 0 Å². The van der Waals surface area contributed by atoms with E-state index in [0.29, 0.717) is 31.3 Å². The molecule has 160 valence electrons. The van der Waals surface area contributed by atoms with Crippen LogP contribution in [0.4, 0.5) is 5.69 Å². The zero-order chi connectivity index (χ0) is 21.0. The number of nitrogens with one attached hydrogen (secondary N) is 1. The first-order chi connectivity index (χ1) is 14.5. The molecular formula is C23H28N2O4S. The van der Waals surface area contributed by atoms with Crippen molar-refractivity contribution in [2.24, 2.45) is 5.92 Å². The summed E-state index contributed by atoms with van der Waals surface area (Å²) in [6.45, 7) is 1.69. The number of carbonyl (C=O) groups excluding carboxylic acids is 1. The summed E-state index contributed by atoms with van der Waals surface area (Å²) in [5.74, 6) is 0.331. The Morgan fingerprint density at radius 1 is 1.00 bits per heavy atom. The van der Waals surface area contributed by atoms with Gasteiger partial charge in [0.15, 0.2) is 0 Å². The minimum absolute atomic E-state index is 0.177. The number of piperidine rings is 1. The number of benzene rings is 2. The Balaban J connectivity index is 1.33. The minimum Gasteiger partial charge on any atom is -0.368 e. The van der Waals surface area contributed by atoms with E-state index >= 15 is 0 Å². The molecule has 2 aromatic rings. The van der Waals surface area contributed by atoms with Gasteiger partial charge in [0.2, 0.25) is 10.0 Å². The fourth-order valence-electron chi connectivity index (χ4n) is 4.17. The van der Waals surface area contributed by atoms with Gasteiger partial charge in [0.25, 0.3) is 5.91 Å². The molecule has 7 heteroatoms. The van der Waals surface area contributed by atoms with Gasteiger partial charge in [-0.3, -0.25) is 4.79 Å². The van der Waals surface area contributed by atoms with Crippen LogP contribution in [0.15, 0.2) is 59.5 Å². The van der Waals surface area contributed by atoms with E-state index in [4.69, 9.17) is 4.74 Å². The van der Waals surface area contributed by atoms with Crippen LogP contribution in [-0.4, -0.2) is 44.4 Å². The van der Waals surface area contributed by atoms with Crippen molar-refractivity contribution in [2.75, 3.05) is 25.0 Å². The maximum Gasteiger partial charge on any atom is 0.253 e. The van der Waals surface area contributed by atoms with E-state index in [1.54, 1.807) is 28.6 Å². The summed E-state index contributed by atoms with van der Waals surface area (Å²) in [6.07, 6.45) is 3.92. The normalized spacial score (nSPS) is 20.9. The number of anilines is 1. The molecule has 1 amide bonds. The van der Waals surface area contributed by atoms with E-state index < -0.39 is 16.1 Å². The van der Waals surface area contributed by atoms with E-state index in [9.17, 15) is 13.2 Å². The van der Waals surface area contributed by atoms with E-state index in [1.165, 1.54) is 5.56 Å². The fourth-order valence-corrected chi connectivity index (χ4v) is 5.64. The van der Waals surface area contributed by atoms with Crippen LogP contribution < -0.4 is 5.32 Å². The molecule has 1 unspecified atom stereocenters. The van der Waals surface area contributed by atoms with Gasteiger partial charge in [0.1, 0.15) is 6.10 Å². The quantitative estimate of drug-likeness (QED) is 0.765. The molecule has 2 fully saturated rings. The molecule has 2 aromatic carbocycles. The fraction of sp³-hybridized carbons (Fsp3) is 0.435. The molecule has 4 rings (SSSR count). The number of hydrogen-bond acceptors (Lipinski definition) is 4. The molecule has 30 heavy (non-hydrogen) atoms. The number of sulfonamides is 1. The lowest BCUT2D eigenvalue weighted by molar-refractivity contribution is -0.124. The monoisotopic (exact) mass is 428 g/mol. The van der Waals surface area contributed by atoms with E-state index in [1.807, 2.05) is 18.2 Å². The van der Waals surface area contributed by atoms with Crippen molar-refractivity contribution in [1.82, 2.24) is 4.31 Å². The Labute approximate surface area is 178 Å². The van der Waals surface area contributed by atoms with Crippen molar-refractivity contribution in [2.45, 2.75) is 43.1 Å². The van der Waals surface area contributed by atoms with Gasteiger partial charge in [-0.15, -0.1) is 0 Å². The lowest BCUT2D eigenvalue weighted by atomic mass is 9.91. The Kier molecular flexibility index (Phi) is 6.51. The predicted molar refractivity (Wildman–Crippen MR) is 116 cm³/mol. The van der Waals surface area contributed by atoms with Crippen LogP contribution in [0.1, 0.15) is 31.2 Å². The van der Waals surface area contributed by atoms with Crippen LogP contribution in [-0.2, 0) is 26.0 Å². The third-order valence-corrected chi connectivity index (χ3v) is 7.84. The van der Waals surface area contributed by atoms with Crippen LogP contribution in [0.3, 0.4) is 0 Å². The summed E-state index contributed by atoms with van der Waals surface area (Å²) in [7, 11) is -3.52. The standard InChI is InChI=1S/C23H28N2O4S/c26-23(22-7-4-16-29-22)24-20-8-10-21(11-9-20)30(27,28)25-14-12-19(13-15-25)17-18-5-2-1-3-6-18/h1-3,5-6,8-11,19,22H,4,7,12-17H2,(H,24,26). The molecule has 0 radical (unpaired) electrons. The summed E-state index contributed by atoms with van der Waals surface area (Å²) < 4.78 is 33.0. The Morgan fingerprint density at radius 2 is 1.70 bits per heavy atom. The van der Waals surface area contributed by atoms with Gasteiger partial charge < -0.3 is 10.1 Å². The third kappa shape index (κ3) is 4.91. The number of hydrogen-bond donors (Lipinski definition) is 1. The highest BCUT2D eigenvalue weighted by molar-refractivity contribution is 7.89. The van der Waals surface area contributed by atoms with Gasteiger partial charge in [-0.25, -0.2) is 8.42 Å². The van der Waals surface area contributed by atoms with E-state index in [0.717, 1.165) is 32.1 Å². The van der Waals surface area contributed by atoms with Crippen molar-refractivity contribution >= 4 is 21.6 Å². The second-order valence-corrected chi connectivity index (χ2v) is 9.99. The molecule has 2 heterocycles. The van der Waals surface area contributed by atoms with Gasteiger partial charge in [-0.05, 0) is 67.9 Å². The average Bonchev–Trinajstić information content (AvgIpc) is 3.30. The second kappa shape index (κ2) is 9.29. The molecule has 1 N–H and O–H groups in total. The Hall–Kier alpha value is -2.22. The molecule has 0 aromatic heterocycles. The molecular weight excluding hydrogens is 400 g/mol. The molecule has 6 nitrogen and oxygen atoms in total. The largest absolute Gasteiger partial charge is 0.368 e. The number of carbonyl (C=O) groups is 1. The zero-order valence-corrected chi connectivity index (χ0v) is 17.8. The van der Waals surface area contributed by atoms with Crippen molar-refractivity contribution < 1.29 is 17.9 Å². The lowest BCUT2D eigenvalue weighted by Gasteiger charge is -2.31. The lowest BCUT2D eigenvalue weighted by Crippen LogP contribution is -2.38. The van der Waals surface area contributed by atoms with Crippen LogP contribution >= 0.6 is 0 Å². The van der Waals surface area contributed by atoms with Gasteiger partial charge in [0.05, 0.1) is 4.90 Å². The second-order valence-electron chi connectivity index (χ2n) is 8.05. The molecule has 2 aliphatic rings. The first-order valence-corrected chi connectivity index (χ1v) is 12.0. The molecule has 0 saturated carbocycles. The highest BCUT2D eigenvalue weighted by Gasteiger charge is 2.29. The summed E-state index contributed by atoms with van der Waals surface area (Å²) in [5.41, 5.74) is 1.88. The topological polar surface area (TPSA) is 75.7 Å². The number of nitrogens with zero attached hydrogens (tertiary/aromatic N) is 1. The first-order valence-electron chi connectivity index (χ1n) is 10.6.